The highest BCUT2D eigenvalue weighted by Gasteiger charge is 2.39. The van der Waals surface area contributed by atoms with Crippen LogP contribution in [0.2, 0.25) is 0 Å². The van der Waals surface area contributed by atoms with Gasteiger partial charge in [-0.2, -0.15) is 5.26 Å². The number of Topliss-reactive ketones (excluding diaryl/α,β-unsaturated/α-hetero) is 1. The molecule has 2 aromatic carbocycles. The van der Waals surface area contributed by atoms with Crippen LogP contribution in [0.3, 0.4) is 0 Å². The summed E-state index contributed by atoms with van der Waals surface area (Å²) in [4.78, 5) is 28.4. The highest BCUT2D eigenvalue weighted by Crippen LogP contribution is 2.47. The second-order valence-electron chi connectivity index (χ2n) is 11.4. The molecule has 2 unspecified atom stereocenters. The molecular weight excluding hydrogens is 606 g/mol. The molecule has 2 atom stereocenters. The summed E-state index contributed by atoms with van der Waals surface area (Å²) in [5.41, 5.74) is 5.23. The normalized spacial score (nSPS) is 20.0. The van der Waals surface area contributed by atoms with Crippen molar-refractivity contribution in [3.63, 3.8) is 0 Å². The van der Waals surface area contributed by atoms with E-state index in [4.69, 9.17) is 9.47 Å². The Morgan fingerprint density at radius 1 is 1.16 bits per heavy atom. The minimum absolute atomic E-state index is 0.0114. The molecule has 0 aromatic heterocycles. The number of allylic oxidation sites excluding steroid dienone is 4. The first kappa shape index (κ1) is 30.6. The first-order valence-electron chi connectivity index (χ1n) is 15.1. The third kappa shape index (κ3) is 6.57. The Morgan fingerprint density at radius 3 is 2.72 bits per heavy atom. The van der Waals surface area contributed by atoms with Crippen LogP contribution in [0, 0.1) is 17.2 Å². The van der Waals surface area contributed by atoms with Gasteiger partial charge in [-0.1, -0.05) is 37.6 Å². The summed E-state index contributed by atoms with van der Waals surface area (Å²) in [7, 11) is 0. The molecule has 2 aliphatic heterocycles. The smallest absolute Gasteiger partial charge is 0.254 e. The Hall–Kier alpha value is -3.83. The van der Waals surface area contributed by atoms with Crippen molar-refractivity contribution >= 4 is 27.6 Å². The zero-order valence-corrected chi connectivity index (χ0v) is 26.6. The minimum Gasteiger partial charge on any atom is -0.490 e. The number of benzene rings is 2. The highest BCUT2D eigenvalue weighted by molar-refractivity contribution is 9.10. The van der Waals surface area contributed by atoms with Gasteiger partial charge in [-0.25, -0.2) is 0 Å². The largest absolute Gasteiger partial charge is 0.490 e. The van der Waals surface area contributed by atoms with Crippen molar-refractivity contribution in [2.45, 2.75) is 65.4 Å². The van der Waals surface area contributed by atoms with Gasteiger partial charge in [0.2, 0.25) is 0 Å². The van der Waals surface area contributed by atoms with Gasteiger partial charge in [0.1, 0.15) is 6.61 Å². The molecule has 43 heavy (non-hydrogen) atoms. The number of rotatable bonds is 9. The molecule has 1 N–H and O–H groups in total. The van der Waals surface area contributed by atoms with E-state index >= 15 is 0 Å². The number of ketones is 1. The summed E-state index contributed by atoms with van der Waals surface area (Å²) in [6.07, 6.45) is 8.33. The summed E-state index contributed by atoms with van der Waals surface area (Å²) in [6.45, 7) is 7.95. The van der Waals surface area contributed by atoms with Gasteiger partial charge in [-0.05, 0) is 90.4 Å². The summed E-state index contributed by atoms with van der Waals surface area (Å²) in [5, 5.41) is 13.6. The van der Waals surface area contributed by atoms with E-state index in [1.807, 2.05) is 61.2 Å². The maximum atomic E-state index is 13.5. The van der Waals surface area contributed by atoms with E-state index < -0.39 is 5.92 Å². The third-order valence-electron chi connectivity index (χ3n) is 8.30. The van der Waals surface area contributed by atoms with E-state index in [1.165, 1.54) is 0 Å². The molecule has 0 spiro atoms. The molecule has 3 aliphatic rings. The molecule has 2 heterocycles. The number of hydrogen-bond donors (Lipinski definition) is 1. The second kappa shape index (κ2) is 13.6. The third-order valence-corrected chi connectivity index (χ3v) is 8.89. The number of halogens is 1. The SMILES string of the molecule is CCCC1CC(=O)C2=C(C1)NC(C)=C(C#N)C2c1cc(Br)c(OCc2cccc(C(=O)N3CC=CCC3)c2)c(OCC)c1. The van der Waals surface area contributed by atoms with Gasteiger partial charge in [-0.15, -0.1) is 0 Å². The Kier molecular flexibility index (Phi) is 9.72. The number of hydrogen-bond acceptors (Lipinski definition) is 6. The van der Waals surface area contributed by atoms with Crippen molar-refractivity contribution in [1.29, 1.82) is 5.26 Å². The molecule has 1 amide bonds. The van der Waals surface area contributed by atoms with Gasteiger partial charge in [0.15, 0.2) is 17.3 Å². The van der Waals surface area contributed by atoms with Crippen LogP contribution in [0.1, 0.15) is 80.3 Å². The number of ether oxygens (including phenoxy) is 2. The van der Waals surface area contributed by atoms with Gasteiger partial charge < -0.3 is 19.7 Å². The van der Waals surface area contributed by atoms with Gasteiger partial charge in [0, 0.05) is 42.0 Å². The van der Waals surface area contributed by atoms with E-state index in [2.05, 4.69) is 40.3 Å². The Labute approximate surface area is 262 Å². The van der Waals surface area contributed by atoms with Crippen LogP contribution in [0.25, 0.3) is 0 Å². The molecule has 0 bridgehead atoms. The van der Waals surface area contributed by atoms with Crippen molar-refractivity contribution < 1.29 is 19.1 Å². The quantitative estimate of drug-likeness (QED) is 0.287. The second-order valence-corrected chi connectivity index (χ2v) is 12.2. The lowest BCUT2D eigenvalue weighted by Gasteiger charge is -2.35. The van der Waals surface area contributed by atoms with Crippen molar-refractivity contribution in [1.82, 2.24) is 10.2 Å². The maximum absolute atomic E-state index is 13.5. The molecule has 2 aromatic rings. The first-order valence-corrected chi connectivity index (χ1v) is 15.9. The van der Waals surface area contributed by atoms with Crippen molar-refractivity contribution in [3.05, 3.63) is 92.3 Å². The number of nitriles is 1. The lowest BCUT2D eigenvalue weighted by atomic mass is 9.72. The van der Waals surface area contributed by atoms with Crippen LogP contribution in [-0.2, 0) is 11.4 Å². The number of nitrogens with one attached hydrogen (secondary N) is 1. The Morgan fingerprint density at radius 2 is 2.00 bits per heavy atom. The van der Waals surface area contributed by atoms with Crippen LogP contribution in [0.5, 0.6) is 11.5 Å². The summed E-state index contributed by atoms with van der Waals surface area (Å²) in [6, 6.07) is 13.7. The molecule has 224 valence electrons. The van der Waals surface area contributed by atoms with Crippen molar-refractivity contribution in [2.75, 3.05) is 19.7 Å². The van der Waals surface area contributed by atoms with Gasteiger partial charge in [-0.3, -0.25) is 9.59 Å². The van der Waals surface area contributed by atoms with Crippen LogP contribution in [-0.4, -0.2) is 36.3 Å². The van der Waals surface area contributed by atoms with Crippen molar-refractivity contribution in [2.24, 2.45) is 5.92 Å². The molecule has 8 heteroatoms. The molecule has 0 saturated carbocycles. The Bertz CT molecular complexity index is 1550. The summed E-state index contributed by atoms with van der Waals surface area (Å²) in [5.74, 6) is 1.01. The minimum atomic E-state index is -0.479. The molecule has 0 fully saturated rings. The highest BCUT2D eigenvalue weighted by atomic mass is 79.9. The molecule has 1 aliphatic carbocycles. The Balaban J connectivity index is 1.44. The topological polar surface area (TPSA) is 91.7 Å². The van der Waals surface area contributed by atoms with Crippen LogP contribution in [0.4, 0.5) is 0 Å². The van der Waals surface area contributed by atoms with E-state index in [0.717, 1.165) is 54.7 Å². The predicted octanol–water partition coefficient (Wildman–Crippen LogP) is 7.35. The van der Waals surface area contributed by atoms with Gasteiger partial charge >= 0.3 is 0 Å². The zero-order chi connectivity index (χ0) is 30.5. The average Bonchev–Trinajstić information content (AvgIpc) is 3.00. The maximum Gasteiger partial charge on any atom is 0.254 e. The fraction of sp³-hybridized carbons (Fsp3) is 0.400. The van der Waals surface area contributed by atoms with Gasteiger partial charge in [0.05, 0.1) is 28.6 Å². The van der Waals surface area contributed by atoms with E-state index in [1.54, 1.807) is 0 Å². The monoisotopic (exact) mass is 643 g/mol. The number of carbonyl (C=O) groups excluding carboxylic acids is 2. The molecule has 0 radical (unpaired) electrons. The van der Waals surface area contributed by atoms with Crippen molar-refractivity contribution in [3.8, 4) is 17.6 Å². The standard InChI is InChI=1S/C35H38BrN3O4/c1-4-10-23-16-29-33(30(40)17-23)32(27(20-37)22(3)38-29)26-18-28(36)34(31(19-26)42-5-2)43-21-24-11-9-12-25(15-24)35(41)39-13-7-6-8-14-39/h6-7,9,11-12,15,18-19,23,32,38H,4-5,8,10,13-14,16-17,21H2,1-3H3. The van der Waals surface area contributed by atoms with Crippen LogP contribution >= 0.6 is 15.9 Å². The lowest BCUT2D eigenvalue weighted by Crippen LogP contribution is -2.34. The van der Waals surface area contributed by atoms with E-state index in [0.29, 0.717) is 58.2 Å². The summed E-state index contributed by atoms with van der Waals surface area (Å²) < 4.78 is 13.0. The molecule has 5 rings (SSSR count). The number of amides is 1. The van der Waals surface area contributed by atoms with Crippen LogP contribution < -0.4 is 14.8 Å². The predicted molar refractivity (Wildman–Crippen MR) is 170 cm³/mol. The number of nitrogens with zero attached hydrogens (tertiary/aromatic N) is 2. The molecule has 7 nitrogen and oxygen atoms in total. The molecule has 0 saturated heterocycles. The molecular formula is C35H38BrN3O4. The first-order chi connectivity index (χ1) is 20.8. The average molecular weight is 645 g/mol. The number of carbonyl (C=O) groups is 2. The summed E-state index contributed by atoms with van der Waals surface area (Å²) >= 11 is 3.70. The lowest BCUT2D eigenvalue weighted by molar-refractivity contribution is -0.117. The van der Waals surface area contributed by atoms with E-state index in [9.17, 15) is 14.9 Å². The van der Waals surface area contributed by atoms with Gasteiger partial charge in [0.25, 0.3) is 5.91 Å². The van der Waals surface area contributed by atoms with E-state index in [-0.39, 0.29) is 18.3 Å². The number of dihydropyridines is 1. The fourth-order valence-corrected chi connectivity index (χ4v) is 6.90. The van der Waals surface area contributed by atoms with Crippen LogP contribution in [0.15, 0.2) is 75.6 Å². The fourth-order valence-electron chi connectivity index (χ4n) is 6.33. The zero-order valence-electron chi connectivity index (χ0n) is 25.0.